The van der Waals surface area contributed by atoms with Gasteiger partial charge in [-0.3, -0.25) is 4.79 Å². The second-order valence-electron chi connectivity index (χ2n) is 5.12. The number of carbonyl (C=O) groups is 1. The molecule has 0 aliphatic rings. The van der Waals surface area contributed by atoms with E-state index in [1.54, 1.807) is 6.20 Å². The van der Waals surface area contributed by atoms with E-state index in [1.165, 1.54) is 22.3 Å². The number of benzene rings is 1. The molecule has 114 valence electrons. The topological polar surface area (TPSA) is 57.8 Å². The second-order valence-corrected chi connectivity index (χ2v) is 7.43. The van der Waals surface area contributed by atoms with Crippen molar-refractivity contribution in [2.45, 2.75) is 25.8 Å². The van der Waals surface area contributed by atoms with Gasteiger partial charge >= 0.3 is 0 Å². The molecule has 2 N–H and O–H groups in total. The van der Waals surface area contributed by atoms with Crippen molar-refractivity contribution in [2.75, 3.05) is 0 Å². The highest BCUT2D eigenvalue weighted by Gasteiger charge is 2.16. The molecule has 2 aromatic heterocycles. The van der Waals surface area contributed by atoms with Crippen molar-refractivity contribution in [3.05, 3.63) is 51.0 Å². The van der Waals surface area contributed by atoms with Gasteiger partial charge in [-0.1, -0.05) is 25.1 Å². The first-order valence-electron chi connectivity index (χ1n) is 7.14. The van der Waals surface area contributed by atoms with Gasteiger partial charge in [0.15, 0.2) is 3.92 Å². The Morgan fingerprint density at radius 2 is 2.27 bits per heavy atom. The summed E-state index contributed by atoms with van der Waals surface area (Å²) in [4.78, 5) is 20.2. The molecule has 0 bridgehead atoms. The zero-order valence-corrected chi connectivity index (χ0v) is 14.5. The van der Waals surface area contributed by atoms with Crippen LogP contribution in [0.15, 0.2) is 40.6 Å². The maximum Gasteiger partial charge on any atom is 0.263 e. The van der Waals surface area contributed by atoms with Gasteiger partial charge in [-0.05, 0) is 40.4 Å². The van der Waals surface area contributed by atoms with E-state index in [-0.39, 0.29) is 11.9 Å². The van der Waals surface area contributed by atoms with Crippen molar-refractivity contribution >= 4 is 44.1 Å². The van der Waals surface area contributed by atoms with Crippen LogP contribution in [0.2, 0.25) is 0 Å². The van der Waals surface area contributed by atoms with Crippen LogP contribution in [0.1, 0.15) is 28.6 Å². The van der Waals surface area contributed by atoms with Crippen LogP contribution in [0.5, 0.6) is 0 Å². The number of thiazole rings is 1. The molecule has 0 radical (unpaired) electrons. The zero-order valence-electron chi connectivity index (χ0n) is 12.1. The van der Waals surface area contributed by atoms with Gasteiger partial charge in [0, 0.05) is 23.1 Å². The summed E-state index contributed by atoms with van der Waals surface area (Å²) in [6.45, 7) is 2.09. The molecule has 0 saturated carbocycles. The Balaban J connectivity index is 1.73. The smallest absolute Gasteiger partial charge is 0.263 e. The molecule has 3 aromatic rings. The Kier molecular flexibility index (Phi) is 4.59. The van der Waals surface area contributed by atoms with Crippen molar-refractivity contribution in [3.63, 3.8) is 0 Å². The summed E-state index contributed by atoms with van der Waals surface area (Å²) in [7, 11) is 0. The molecule has 0 fully saturated rings. The Morgan fingerprint density at radius 1 is 1.45 bits per heavy atom. The summed E-state index contributed by atoms with van der Waals surface area (Å²) in [6, 6.07) is 8.33. The number of halogens is 1. The van der Waals surface area contributed by atoms with Crippen LogP contribution in [-0.2, 0) is 6.42 Å². The summed E-state index contributed by atoms with van der Waals surface area (Å²) < 4.78 is 0.724. The number of aromatic amines is 1. The summed E-state index contributed by atoms with van der Waals surface area (Å²) in [5.74, 6) is -0.0603. The maximum atomic E-state index is 12.3. The van der Waals surface area contributed by atoms with Gasteiger partial charge in [-0.25, -0.2) is 4.98 Å². The fourth-order valence-electron chi connectivity index (χ4n) is 2.48. The highest BCUT2D eigenvalue weighted by Crippen LogP contribution is 2.21. The van der Waals surface area contributed by atoms with E-state index >= 15 is 0 Å². The number of nitrogens with one attached hydrogen (secondary N) is 2. The Morgan fingerprint density at radius 3 is 3.00 bits per heavy atom. The number of fused-ring (bicyclic) bond motifs is 1. The molecule has 0 aliphatic carbocycles. The first-order chi connectivity index (χ1) is 10.7. The fourth-order valence-corrected chi connectivity index (χ4v) is 3.65. The van der Waals surface area contributed by atoms with E-state index in [4.69, 9.17) is 0 Å². The largest absolute Gasteiger partial charge is 0.361 e. The summed E-state index contributed by atoms with van der Waals surface area (Å²) in [6.07, 6.45) is 5.32. The zero-order chi connectivity index (χ0) is 15.5. The van der Waals surface area contributed by atoms with Crippen molar-refractivity contribution in [1.82, 2.24) is 15.3 Å². The number of hydrogen-bond acceptors (Lipinski definition) is 3. The fraction of sp³-hybridized carbons (Fsp3) is 0.250. The highest BCUT2D eigenvalue weighted by molar-refractivity contribution is 9.11. The molecule has 0 saturated heterocycles. The average molecular weight is 378 g/mol. The molecule has 22 heavy (non-hydrogen) atoms. The minimum Gasteiger partial charge on any atom is -0.361 e. The Labute approximate surface area is 141 Å². The molecule has 1 unspecified atom stereocenters. The van der Waals surface area contributed by atoms with Crippen LogP contribution < -0.4 is 5.32 Å². The summed E-state index contributed by atoms with van der Waals surface area (Å²) >= 11 is 4.63. The van der Waals surface area contributed by atoms with E-state index in [9.17, 15) is 4.79 Å². The quantitative estimate of drug-likeness (QED) is 0.701. The third-order valence-electron chi connectivity index (χ3n) is 3.67. The molecule has 1 atom stereocenters. The lowest BCUT2D eigenvalue weighted by molar-refractivity contribution is 0.0940. The summed E-state index contributed by atoms with van der Waals surface area (Å²) in [5.41, 5.74) is 2.36. The lowest BCUT2D eigenvalue weighted by Crippen LogP contribution is -2.35. The predicted octanol–water partition coefficient (Wildman–Crippen LogP) is 4.14. The van der Waals surface area contributed by atoms with E-state index in [0.29, 0.717) is 4.88 Å². The van der Waals surface area contributed by atoms with Crippen molar-refractivity contribution < 1.29 is 4.79 Å². The molecule has 6 heteroatoms. The number of amides is 1. The molecule has 0 aliphatic heterocycles. The Bertz CT molecular complexity index is 795. The van der Waals surface area contributed by atoms with Crippen LogP contribution in [0, 0.1) is 0 Å². The third kappa shape index (κ3) is 3.23. The minimum absolute atomic E-state index is 0.0603. The molecule has 2 heterocycles. The van der Waals surface area contributed by atoms with Crippen molar-refractivity contribution in [3.8, 4) is 0 Å². The number of hydrogen-bond donors (Lipinski definition) is 2. The number of H-pyrrole nitrogens is 1. The van der Waals surface area contributed by atoms with Crippen molar-refractivity contribution in [1.29, 1.82) is 0 Å². The lowest BCUT2D eigenvalue weighted by Gasteiger charge is -2.16. The van der Waals surface area contributed by atoms with Crippen LogP contribution in [-0.4, -0.2) is 21.9 Å². The van der Waals surface area contributed by atoms with Gasteiger partial charge in [-0.2, -0.15) is 0 Å². The Hall–Kier alpha value is -1.66. The molecular formula is C16H16BrN3OS. The van der Waals surface area contributed by atoms with Crippen LogP contribution in [0.4, 0.5) is 0 Å². The lowest BCUT2D eigenvalue weighted by atomic mass is 10.0. The SMILES string of the molecule is CCC(Cc1c[nH]c2ccccc12)NC(=O)c1cnc(Br)s1. The molecule has 1 amide bonds. The predicted molar refractivity (Wildman–Crippen MR) is 93.4 cm³/mol. The van der Waals surface area contributed by atoms with E-state index in [2.05, 4.69) is 50.3 Å². The van der Waals surface area contributed by atoms with Gasteiger partial charge in [0.25, 0.3) is 5.91 Å². The van der Waals surface area contributed by atoms with E-state index < -0.39 is 0 Å². The molecule has 1 aromatic carbocycles. The first-order valence-corrected chi connectivity index (χ1v) is 8.75. The van der Waals surface area contributed by atoms with Gasteiger partial charge in [0.2, 0.25) is 0 Å². The number of nitrogens with zero attached hydrogens (tertiary/aromatic N) is 1. The normalized spacial score (nSPS) is 12.5. The van der Waals surface area contributed by atoms with Crippen molar-refractivity contribution in [2.24, 2.45) is 0 Å². The van der Waals surface area contributed by atoms with Gasteiger partial charge in [-0.15, -0.1) is 11.3 Å². The number of aromatic nitrogens is 2. The molecule has 4 nitrogen and oxygen atoms in total. The first kappa shape index (κ1) is 15.2. The maximum absolute atomic E-state index is 12.3. The highest BCUT2D eigenvalue weighted by atomic mass is 79.9. The van der Waals surface area contributed by atoms with Gasteiger partial charge in [0.1, 0.15) is 4.88 Å². The van der Waals surface area contributed by atoms with Gasteiger partial charge in [0.05, 0.1) is 6.20 Å². The van der Waals surface area contributed by atoms with E-state index in [1.807, 2.05) is 18.3 Å². The average Bonchev–Trinajstić information content (AvgIpc) is 3.13. The standard InChI is InChI=1S/C16H16BrN3OS/c1-2-11(20-15(21)14-9-19-16(17)22-14)7-10-8-18-13-6-4-3-5-12(10)13/h3-6,8-9,11,18H,2,7H2,1H3,(H,20,21). The second kappa shape index (κ2) is 6.62. The summed E-state index contributed by atoms with van der Waals surface area (Å²) in [5, 5.41) is 4.31. The van der Waals surface area contributed by atoms with Crippen LogP contribution in [0.3, 0.4) is 0 Å². The van der Waals surface area contributed by atoms with Crippen LogP contribution >= 0.6 is 27.3 Å². The van der Waals surface area contributed by atoms with Gasteiger partial charge < -0.3 is 10.3 Å². The van der Waals surface area contributed by atoms with E-state index in [0.717, 1.165) is 22.3 Å². The molecule has 0 spiro atoms. The number of carbonyl (C=O) groups excluding carboxylic acids is 1. The molecule has 3 rings (SSSR count). The molecular weight excluding hydrogens is 362 g/mol. The monoisotopic (exact) mass is 377 g/mol. The van der Waals surface area contributed by atoms with Crippen LogP contribution in [0.25, 0.3) is 10.9 Å². The minimum atomic E-state index is -0.0603. The number of rotatable bonds is 5. The third-order valence-corrected chi connectivity index (χ3v) is 5.15. The number of para-hydroxylation sites is 1.